The van der Waals surface area contributed by atoms with Crippen LogP contribution in [0.1, 0.15) is 21.5 Å². The monoisotopic (exact) mass is 454 g/mol. The van der Waals surface area contributed by atoms with Crippen molar-refractivity contribution in [2.24, 2.45) is 0 Å². The number of ketones is 1. The van der Waals surface area contributed by atoms with E-state index in [4.69, 9.17) is 37.4 Å². The van der Waals surface area contributed by atoms with Gasteiger partial charge < -0.3 is 14.2 Å². The van der Waals surface area contributed by atoms with Gasteiger partial charge in [-0.25, -0.2) is 4.79 Å². The number of hydrogen-bond donors (Lipinski definition) is 0. The summed E-state index contributed by atoms with van der Waals surface area (Å²) >= 11 is 12.2. The van der Waals surface area contributed by atoms with Gasteiger partial charge in [0.15, 0.2) is 12.4 Å². The van der Waals surface area contributed by atoms with Crippen molar-refractivity contribution in [3.63, 3.8) is 0 Å². The summed E-state index contributed by atoms with van der Waals surface area (Å²) in [5, 5.41) is 0.718. The first-order chi connectivity index (χ1) is 15.0. The van der Waals surface area contributed by atoms with Crippen molar-refractivity contribution in [3.05, 3.63) is 99.2 Å². The lowest BCUT2D eigenvalue weighted by atomic mass is 10.1. The Morgan fingerprint density at radius 2 is 1.81 bits per heavy atom. The number of Topliss-reactive ketones (excluding diaryl/α,β-unsaturated/α-hetero) is 1. The molecule has 3 aromatic carbocycles. The van der Waals surface area contributed by atoms with Gasteiger partial charge in [0.05, 0.1) is 15.6 Å². The van der Waals surface area contributed by atoms with Crippen molar-refractivity contribution in [3.8, 4) is 11.5 Å². The number of esters is 1. The van der Waals surface area contributed by atoms with Crippen LogP contribution in [-0.2, 0) is 16.1 Å². The molecule has 0 saturated carbocycles. The van der Waals surface area contributed by atoms with E-state index in [-0.39, 0.29) is 24.8 Å². The van der Waals surface area contributed by atoms with E-state index in [0.29, 0.717) is 32.7 Å². The van der Waals surface area contributed by atoms with Crippen molar-refractivity contribution in [1.29, 1.82) is 0 Å². The first-order valence-corrected chi connectivity index (χ1v) is 10.1. The molecule has 0 amide bonds. The standard InChI is InChI=1S/C24H16Cl2O5/c25-19-8-4-7-16(23(19)26)11-21-24(28)18-10-9-17(12-20(18)31-21)29-14-22(27)30-13-15-5-2-1-3-6-15/h1-12H,13-14H2/b21-11-. The molecule has 31 heavy (non-hydrogen) atoms. The van der Waals surface area contributed by atoms with E-state index in [1.165, 1.54) is 6.08 Å². The van der Waals surface area contributed by atoms with Gasteiger partial charge >= 0.3 is 5.97 Å². The summed E-state index contributed by atoms with van der Waals surface area (Å²) in [5.74, 6) is 0.0609. The molecule has 3 aromatic rings. The molecule has 0 fully saturated rings. The van der Waals surface area contributed by atoms with E-state index in [1.807, 2.05) is 30.3 Å². The fraction of sp³-hybridized carbons (Fsp3) is 0.0833. The number of ether oxygens (including phenoxy) is 3. The first kappa shape index (κ1) is 21.0. The van der Waals surface area contributed by atoms with E-state index >= 15 is 0 Å². The summed E-state index contributed by atoms with van der Waals surface area (Å²) in [7, 11) is 0. The quantitative estimate of drug-likeness (QED) is 0.351. The Kier molecular flexibility index (Phi) is 6.26. The Bertz CT molecular complexity index is 1170. The van der Waals surface area contributed by atoms with Crippen LogP contribution in [0.2, 0.25) is 10.0 Å². The Morgan fingerprint density at radius 1 is 1.00 bits per heavy atom. The van der Waals surface area contributed by atoms with Gasteiger partial charge in [-0.15, -0.1) is 0 Å². The highest BCUT2D eigenvalue weighted by atomic mass is 35.5. The number of carbonyl (C=O) groups excluding carboxylic acids is 2. The zero-order valence-electron chi connectivity index (χ0n) is 16.1. The summed E-state index contributed by atoms with van der Waals surface area (Å²) in [4.78, 5) is 24.5. The first-order valence-electron chi connectivity index (χ1n) is 9.36. The number of rotatable bonds is 6. The summed E-state index contributed by atoms with van der Waals surface area (Å²) < 4.78 is 16.3. The molecule has 0 aromatic heterocycles. The van der Waals surface area contributed by atoms with Crippen molar-refractivity contribution >= 4 is 41.0 Å². The largest absolute Gasteiger partial charge is 0.482 e. The van der Waals surface area contributed by atoms with Crippen molar-refractivity contribution in [1.82, 2.24) is 0 Å². The van der Waals surface area contributed by atoms with Crippen LogP contribution in [0, 0.1) is 0 Å². The lowest BCUT2D eigenvalue weighted by Gasteiger charge is -2.08. The molecule has 0 bridgehead atoms. The van der Waals surface area contributed by atoms with Crippen LogP contribution in [0.25, 0.3) is 6.08 Å². The van der Waals surface area contributed by atoms with E-state index < -0.39 is 5.97 Å². The molecule has 0 spiro atoms. The summed E-state index contributed by atoms with van der Waals surface area (Å²) in [6, 6.07) is 19.2. The van der Waals surface area contributed by atoms with Gasteiger partial charge in [0.1, 0.15) is 18.1 Å². The van der Waals surface area contributed by atoms with Crippen molar-refractivity contribution < 1.29 is 23.8 Å². The van der Waals surface area contributed by atoms with Gasteiger partial charge in [-0.3, -0.25) is 4.79 Å². The normalized spacial score (nSPS) is 13.6. The molecule has 0 aliphatic carbocycles. The molecule has 156 valence electrons. The van der Waals surface area contributed by atoms with Crippen LogP contribution in [0.5, 0.6) is 11.5 Å². The van der Waals surface area contributed by atoms with Crippen LogP contribution in [0.3, 0.4) is 0 Å². The molecular weight excluding hydrogens is 439 g/mol. The van der Waals surface area contributed by atoms with Gasteiger partial charge in [0.2, 0.25) is 5.78 Å². The van der Waals surface area contributed by atoms with Gasteiger partial charge in [0, 0.05) is 6.07 Å². The van der Waals surface area contributed by atoms with E-state index in [9.17, 15) is 9.59 Å². The third-order valence-corrected chi connectivity index (χ3v) is 5.34. The van der Waals surface area contributed by atoms with Crippen molar-refractivity contribution in [2.45, 2.75) is 6.61 Å². The van der Waals surface area contributed by atoms with Gasteiger partial charge in [-0.05, 0) is 35.4 Å². The Balaban J connectivity index is 1.39. The van der Waals surface area contributed by atoms with Crippen LogP contribution in [-0.4, -0.2) is 18.4 Å². The highest BCUT2D eigenvalue weighted by molar-refractivity contribution is 6.43. The van der Waals surface area contributed by atoms with Gasteiger partial charge in [-0.1, -0.05) is 65.7 Å². The molecule has 7 heteroatoms. The second kappa shape index (κ2) is 9.25. The molecule has 5 nitrogen and oxygen atoms in total. The van der Waals surface area contributed by atoms with Gasteiger partial charge in [0.25, 0.3) is 0 Å². The molecule has 1 aliphatic rings. The lowest BCUT2D eigenvalue weighted by molar-refractivity contribution is -0.147. The molecular formula is C24H16Cl2O5. The van der Waals surface area contributed by atoms with Crippen molar-refractivity contribution in [2.75, 3.05) is 6.61 Å². The molecule has 0 radical (unpaired) electrons. The van der Waals surface area contributed by atoms with Crippen LogP contribution < -0.4 is 9.47 Å². The third-order valence-electron chi connectivity index (χ3n) is 4.51. The van der Waals surface area contributed by atoms with Gasteiger partial charge in [-0.2, -0.15) is 0 Å². The predicted molar refractivity (Wildman–Crippen MR) is 118 cm³/mol. The minimum Gasteiger partial charge on any atom is -0.482 e. The lowest BCUT2D eigenvalue weighted by Crippen LogP contribution is -2.14. The Morgan fingerprint density at radius 3 is 2.61 bits per heavy atom. The molecule has 0 atom stereocenters. The number of halogens is 2. The molecule has 1 aliphatic heterocycles. The summed E-state index contributed by atoms with van der Waals surface area (Å²) in [5.41, 5.74) is 1.85. The second-order valence-corrected chi connectivity index (χ2v) is 7.46. The molecule has 0 saturated heterocycles. The zero-order valence-corrected chi connectivity index (χ0v) is 17.7. The molecule has 1 heterocycles. The molecule has 0 unspecified atom stereocenters. The summed E-state index contributed by atoms with van der Waals surface area (Å²) in [6.45, 7) is -0.0918. The maximum Gasteiger partial charge on any atom is 0.344 e. The molecule has 0 N–H and O–H groups in total. The molecule has 4 rings (SSSR count). The topological polar surface area (TPSA) is 61.8 Å². The highest BCUT2D eigenvalue weighted by Gasteiger charge is 2.28. The van der Waals surface area contributed by atoms with E-state index in [2.05, 4.69) is 0 Å². The minimum atomic E-state index is -0.502. The average molecular weight is 455 g/mol. The second-order valence-electron chi connectivity index (χ2n) is 6.68. The smallest absolute Gasteiger partial charge is 0.344 e. The van der Waals surface area contributed by atoms with Crippen LogP contribution in [0.15, 0.2) is 72.5 Å². The number of benzene rings is 3. The van der Waals surface area contributed by atoms with E-state index in [1.54, 1.807) is 36.4 Å². The number of carbonyl (C=O) groups is 2. The minimum absolute atomic E-state index is 0.124. The summed E-state index contributed by atoms with van der Waals surface area (Å²) in [6.07, 6.45) is 1.54. The maximum atomic E-state index is 12.6. The maximum absolute atomic E-state index is 12.6. The number of hydrogen-bond acceptors (Lipinski definition) is 5. The van der Waals surface area contributed by atoms with Crippen LogP contribution >= 0.6 is 23.2 Å². The number of allylic oxidation sites excluding steroid dienone is 1. The Hall–Kier alpha value is -3.28. The van der Waals surface area contributed by atoms with Crippen LogP contribution in [0.4, 0.5) is 0 Å². The number of fused-ring (bicyclic) bond motifs is 1. The van der Waals surface area contributed by atoms with E-state index in [0.717, 1.165) is 5.56 Å². The highest BCUT2D eigenvalue weighted by Crippen LogP contribution is 2.36. The predicted octanol–water partition coefficient (Wildman–Crippen LogP) is 5.73. The SMILES string of the molecule is O=C(COc1ccc2c(c1)O/C(=C\c1cccc(Cl)c1Cl)C2=O)OCc1ccccc1. The fourth-order valence-corrected chi connectivity index (χ4v) is 3.31. The average Bonchev–Trinajstić information content (AvgIpc) is 3.09. The zero-order chi connectivity index (χ0) is 21.8. The fourth-order valence-electron chi connectivity index (χ4n) is 2.95. The Labute approximate surface area is 188 Å². The third kappa shape index (κ3) is 4.90.